The quantitative estimate of drug-likeness (QED) is 0.0588. The summed E-state index contributed by atoms with van der Waals surface area (Å²) in [6, 6.07) is -2.30. The van der Waals surface area contributed by atoms with Gasteiger partial charge in [0.1, 0.15) is 60.1 Å². The van der Waals surface area contributed by atoms with E-state index in [0.717, 1.165) is 5.56 Å². The summed E-state index contributed by atoms with van der Waals surface area (Å²) in [4.78, 5) is 143. The fraction of sp³-hybridized carbons (Fsp3) is 0.588. The summed E-state index contributed by atoms with van der Waals surface area (Å²) in [5.74, 6) is -9.79. The number of nitrogens with zero attached hydrogens (tertiary/aromatic N) is 1. The van der Waals surface area contributed by atoms with Crippen molar-refractivity contribution in [2.24, 2.45) is 23.1 Å². The number of nitrogens with two attached hydrogens (primary N) is 3. The Kier molecular flexibility index (Phi) is 27.2. The van der Waals surface area contributed by atoms with E-state index < -0.39 is 145 Å². The molecule has 2 aromatic rings. The highest BCUT2D eigenvalue weighted by Crippen LogP contribution is 2.12. The average Bonchev–Trinajstić information content (AvgIpc) is 3.39. The molecule has 0 radical (unpaired) electrons. The highest BCUT2D eigenvalue weighted by Gasteiger charge is 2.37. The third kappa shape index (κ3) is 20.3. The number of benzene rings is 1. The van der Waals surface area contributed by atoms with Crippen LogP contribution in [-0.4, -0.2) is 179 Å². The molecule has 11 atom stereocenters. The van der Waals surface area contributed by atoms with Crippen molar-refractivity contribution in [2.75, 3.05) is 32.8 Å². The van der Waals surface area contributed by atoms with E-state index in [1.165, 1.54) is 19.9 Å². The number of hydrogen-bond donors (Lipinski definition) is 16. The summed E-state index contributed by atoms with van der Waals surface area (Å²) in [6.45, 7) is 7.57. The van der Waals surface area contributed by atoms with Crippen molar-refractivity contribution in [1.29, 1.82) is 0 Å². The number of hydrogen-bond acceptors (Lipinski definition) is 17. The second-order valence-electron chi connectivity index (χ2n) is 19.5. The maximum Gasteiger partial charge on any atom is 0.270 e. The number of aromatic nitrogens is 1. The van der Waals surface area contributed by atoms with Gasteiger partial charge in [-0.15, -0.1) is 0 Å². The number of carbonyl (C=O) groups is 10. The Morgan fingerprint density at radius 2 is 1.18 bits per heavy atom. The van der Waals surface area contributed by atoms with Gasteiger partial charge < -0.3 is 85.7 Å². The van der Waals surface area contributed by atoms with Gasteiger partial charge in [0, 0.05) is 18.7 Å². The number of amides is 10. The Morgan fingerprint density at radius 1 is 0.667 bits per heavy atom. The molecule has 1 aliphatic heterocycles. The molecule has 1 fully saturated rings. The Hall–Kier alpha value is -7.17. The predicted molar refractivity (Wildman–Crippen MR) is 284 cm³/mol. The van der Waals surface area contributed by atoms with Crippen LogP contribution in [0.25, 0.3) is 0 Å². The second kappa shape index (κ2) is 32.5. The summed E-state index contributed by atoms with van der Waals surface area (Å²) < 4.78 is 0. The molecule has 0 unspecified atom stereocenters. The summed E-state index contributed by atoms with van der Waals surface area (Å²) >= 11 is 0. The van der Waals surface area contributed by atoms with Crippen molar-refractivity contribution in [3.8, 4) is 0 Å². The zero-order chi connectivity index (χ0) is 58.2. The van der Waals surface area contributed by atoms with Gasteiger partial charge in [-0.25, -0.2) is 4.98 Å². The number of aliphatic hydroxyl groups is 3. The minimum Gasteiger partial charge on any atom is -0.394 e. The van der Waals surface area contributed by atoms with Crippen molar-refractivity contribution in [2.45, 2.75) is 153 Å². The smallest absolute Gasteiger partial charge is 0.270 e. The number of pyridine rings is 1. The Bertz CT molecular complexity index is 2380. The van der Waals surface area contributed by atoms with E-state index in [2.05, 4.69) is 58.2 Å². The fourth-order valence-corrected chi connectivity index (χ4v) is 8.21. The lowest BCUT2D eigenvalue weighted by Gasteiger charge is -2.28. The summed E-state index contributed by atoms with van der Waals surface area (Å²) in [5.41, 5.74) is 19.5. The first-order valence-electron chi connectivity index (χ1n) is 26.1. The van der Waals surface area contributed by atoms with Crippen molar-refractivity contribution in [3.63, 3.8) is 0 Å². The van der Waals surface area contributed by atoms with Crippen molar-refractivity contribution in [1.82, 2.24) is 58.2 Å². The van der Waals surface area contributed by atoms with Gasteiger partial charge in [-0.1, -0.05) is 57.2 Å². The molecule has 1 aromatic heterocycles. The lowest BCUT2D eigenvalue weighted by atomic mass is 10.00. The maximum absolute atomic E-state index is 14.4. The third-order valence-corrected chi connectivity index (χ3v) is 12.6. The average molecular weight is 1100 g/mol. The van der Waals surface area contributed by atoms with Gasteiger partial charge >= 0.3 is 0 Å². The van der Waals surface area contributed by atoms with Gasteiger partial charge in [-0.2, -0.15) is 0 Å². The van der Waals surface area contributed by atoms with Gasteiger partial charge in [0.2, 0.25) is 53.2 Å². The van der Waals surface area contributed by atoms with Gasteiger partial charge in [0.15, 0.2) is 0 Å². The number of rotatable bonds is 20. The number of carbonyl (C=O) groups excluding carboxylic acids is 10. The molecule has 27 heteroatoms. The van der Waals surface area contributed by atoms with E-state index in [4.69, 9.17) is 17.2 Å². The first-order valence-corrected chi connectivity index (χ1v) is 26.1. The molecule has 1 aliphatic rings. The molecule has 0 aliphatic carbocycles. The molecule has 0 saturated carbocycles. The van der Waals surface area contributed by atoms with E-state index >= 15 is 0 Å². The molecule has 19 N–H and O–H groups in total. The maximum atomic E-state index is 14.4. The van der Waals surface area contributed by atoms with E-state index in [9.17, 15) is 63.3 Å². The van der Waals surface area contributed by atoms with Gasteiger partial charge in [0.25, 0.3) is 5.91 Å². The van der Waals surface area contributed by atoms with Crippen LogP contribution in [0, 0.1) is 12.8 Å². The van der Waals surface area contributed by atoms with Crippen LogP contribution in [-0.2, 0) is 56.0 Å². The van der Waals surface area contributed by atoms with Crippen LogP contribution >= 0.6 is 0 Å². The summed E-state index contributed by atoms with van der Waals surface area (Å²) in [7, 11) is 0. The number of aliphatic hydroxyl groups excluding tert-OH is 3. The van der Waals surface area contributed by atoms with Crippen LogP contribution < -0.4 is 70.4 Å². The largest absolute Gasteiger partial charge is 0.394 e. The Morgan fingerprint density at radius 3 is 1.69 bits per heavy atom. The SMILES string of the molecule is CCc1nc(C(=O)N[C@H](C(=O)N[C@H](CO)C(=O)N[C@H]2CCNC(=O)[C@H]([C@@H](C)O)NC(=O)[C@H](CCN)NC(=O)[C@H](CCN)NC(=O)[C@H](CC(C)C)NC(=O)[C@@H](Cc3ccccc3)NC(=O)[C@H](CCN)NC2=O)[C@@H](C)O)ccc1C. The van der Waals surface area contributed by atoms with E-state index in [-0.39, 0.29) is 63.4 Å². The molecule has 1 saturated heterocycles. The van der Waals surface area contributed by atoms with Crippen LogP contribution in [0.2, 0.25) is 0 Å². The van der Waals surface area contributed by atoms with Gasteiger partial charge in [-0.05, 0) is 102 Å². The fourth-order valence-electron chi connectivity index (χ4n) is 8.21. The molecule has 1 aromatic carbocycles. The van der Waals surface area contributed by atoms with Crippen LogP contribution in [0.3, 0.4) is 0 Å². The van der Waals surface area contributed by atoms with Crippen molar-refractivity contribution >= 4 is 59.1 Å². The minimum atomic E-state index is -1.84. The van der Waals surface area contributed by atoms with Crippen molar-refractivity contribution in [3.05, 3.63) is 65.0 Å². The standard InChI is InChI=1S/C51H80N14O13/c1-7-31-27(4)13-14-32(56-31)45(72)65-41(29(6)68)51(78)63-39(25-66)49(76)60-36-18-22-55-50(77)40(28(5)67)64-46(73)35(17-21-54)58-42(69)33(15-19-52)59-47(74)37(23-26(2)3)61-48(75)38(24-30-11-9-8-10-12-30)62-43(70)34(16-20-53)57-44(36)71/h8-14,26,28-29,33-41,66-68H,7,15-25,52-54H2,1-6H3,(H,55,77)(H,57,71)(H,58,69)(H,59,74)(H,60,76)(H,61,75)(H,62,70)(H,63,78)(H,64,73)(H,65,72)/t28-,29-,33+,34+,35+,36+,37+,38-,39-,40+,41+/m1/s1. The normalized spacial score (nSPS) is 23.1. The summed E-state index contributed by atoms with van der Waals surface area (Å²) in [6.07, 6.45) is -3.72. The van der Waals surface area contributed by atoms with E-state index in [0.29, 0.717) is 17.7 Å². The first kappa shape index (κ1) is 65.1. The first-order chi connectivity index (χ1) is 37.0. The molecule has 0 spiro atoms. The minimum absolute atomic E-state index is 0.0462. The van der Waals surface area contributed by atoms with Gasteiger partial charge in [-0.3, -0.25) is 47.9 Å². The van der Waals surface area contributed by atoms with Crippen LogP contribution in [0.15, 0.2) is 42.5 Å². The zero-order valence-corrected chi connectivity index (χ0v) is 45.1. The van der Waals surface area contributed by atoms with E-state index in [1.807, 2.05) is 6.92 Å². The molecule has 0 bridgehead atoms. The third-order valence-electron chi connectivity index (χ3n) is 12.6. The van der Waals surface area contributed by atoms with Crippen molar-refractivity contribution < 1.29 is 63.3 Å². The number of aryl methyl sites for hydroxylation is 2. The molecule has 2 heterocycles. The van der Waals surface area contributed by atoms with Crippen LogP contribution in [0.5, 0.6) is 0 Å². The molecule has 3 rings (SSSR count). The lowest BCUT2D eigenvalue weighted by molar-refractivity contribution is -0.136. The molecular weight excluding hydrogens is 1020 g/mol. The molecular formula is C51H80N14O13. The van der Waals surface area contributed by atoms with Gasteiger partial charge in [0.05, 0.1) is 18.8 Å². The molecule has 432 valence electrons. The Labute approximate surface area is 453 Å². The molecule has 10 amide bonds. The molecule has 78 heavy (non-hydrogen) atoms. The predicted octanol–water partition coefficient (Wildman–Crippen LogP) is -5.46. The topological polar surface area (TPSA) is 443 Å². The number of nitrogens with one attached hydrogen (secondary N) is 10. The second-order valence-corrected chi connectivity index (χ2v) is 19.5. The van der Waals surface area contributed by atoms with Crippen LogP contribution in [0.4, 0.5) is 0 Å². The highest BCUT2D eigenvalue weighted by atomic mass is 16.3. The van der Waals surface area contributed by atoms with Crippen LogP contribution in [0.1, 0.15) is 94.0 Å². The monoisotopic (exact) mass is 1100 g/mol. The molecule has 27 nitrogen and oxygen atoms in total. The van der Waals surface area contributed by atoms with E-state index in [1.54, 1.807) is 57.2 Å². The Balaban J connectivity index is 2.09. The summed E-state index contributed by atoms with van der Waals surface area (Å²) in [5, 5.41) is 56.6. The highest BCUT2D eigenvalue weighted by molar-refractivity contribution is 6.00. The lowest BCUT2D eigenvalue weighted by Crippen LogP contribution is -2.61. The zero-order valence-electron chi connectivity index (χ0n) is 45.1.